The van der Waals surface area contributed by atoms with E-state index in [-0.39, 0.29) is 11.5 Å². The van der Waals surface area contributed by atoms with Crippen LogP contribution < -0.4 is 0 Å². The summed E-state index contributed by atoms with van der Waals surface area (Å²) in [6.07, 6.45) is 5.26. The van der Waals surface area contributed by atoms with Gasteiger partial charge in [-0.25, -0.2) is 8.42 Å². The molecule has 3 nitrogen and oxygen atoms in total. The van der Waals surface area contributed by atoms with Crippen molar-refractivity contribution in [2.45, 2.75) is 32.1 Å². The summed E-state index contributed by atoms with van der Waals surface area (Å²) in [5.74, 6) is 0.136. The molecule has 0 N–H and O–H groups in total. The third kappa shape index (κ3) is 3.42. The predicted octanol–water partition coefficient (Wildman–Crippen LogP) is 2.18. The Labute approximate surface area is 108 Å². The lowest BCUT2D eigenvalue weighted by atomic mass is 10.0. The molecule has 0 saturated carbocycles. The summed E-state index contributed by atoms with van der Waals surface area (Å²) in [7, 11) is -2.96. The maximum Gasteiger partial charge on any atom is 0.162 e. The first kappa shape index (κ1) is 13.3. The highest BCUT2D eigenvalue weighted by Crippen LogP contribution is 2.23. The molecule has 0 fully saturated rings. The van der Waals surface area contributed by atoms with E-state index in [1.54, 1.807) is 0 Å². The molecule has 1 aromatic rings. The average molecular weight is 266 g/mol. The molecule has 0 saturated heterocycles. The Balaban J connectivity index is 1.97. The molecule has 0 unspecified atom stereocenters. The van der Waals surface area contributed by atoms with Crippen LogP contribution in [0.25, 0.3) is 0 Å². The molecule has 1 aromatic carbocycles. The Hall–Kier alpha value is -1.16. The number of Topliss-reactive ketones (excluding diaryl/α,β-unsaturated/α-hetero) is 1. The van der Waals surface area contributed by atoms with Gasteiger partial charge in [0.2, 0.25) is 0 Å². The van der Waals surface area contributed by atoms with Gasteiger partial charge >= 0.3 is 0 Å². The number of carbonyl (C=O) groups is 1. The molecule has 98 valence electrons. The van der Waals surface area contributed by atoms with Gasteiger partial charge < -0.3 is 0 Å². The fraction of sp³-hybridized carbons (Fsp3) is 0.500. The van der Waals surface area contributed by atoms with Crippen LogP contribution in [-0.2, 0) is 22.7 Å². The smallest absolute Gasteiger partial charge is 0.162 e. The molecule has 4 heteroatoms. The van der Waals surface area contributed by atoms with E-state index in [4.69, 9.17) is 0 Å². The molecule has 0 heterocycles. The van der Waals surface area contributed by atoms with Crippen LogP contribution >= 0.6 is 0 Å². The van der Waals surface area contributed by atoms with Crippen LogP contribution in [0.1, 0.15) is 40.7 Å². The molecule has 0 aromatic heterocycles. The van der Waals surface area contributed by atoms with Crippen molar-refractivity contribution in [3.8, 4) is 0 Å². The van der Waals surface area contributed by atoms with Crippen molar-refractivity contribution in [2.75, 3.05) is 12.0 Å². The lowest BCUT2D eigenvalue weighted by Crippen LogP contribution is -2.07. The maximum atomic E-state index is 11.9. The SMILES string of the molecule is CS(=O)(=O)CCCC(=O)c1ccc2c(c1)CCC2. The molecule has 1 aliphatic carbocycles. The highest BCUT2D eigenvalue weighted by atomic mass is 32.2. The van der Waals surface area contributed by atoms with Gasteiger partial charge in [-0.15, -0.1) is 0 Å². The second-order valence-electron chi connectivity index (χ2n) is 4.99. The average Bonchev–Trinajstić information content (AvgIpc) is 2.73. The molecule has 18 heavy (non-hydrogen) atoms. The van der Waals surface area contributed by atoms with E-state index in [2.05, 4.69) is 0 Å². The molecule has 1 aliphatic rings. The molecule has 0 bridgehead atoms. The van der Waals surface area contributed by atoms with Gasteiger partial charge in [0.1, 0.15) is 9.84 Å². The van der Waals surface area contributed by atoms with Gasteiger partial charge in [-0.2, -0.15) is 0 Å². The van der Waals surface area contributed by atoms with E-state index >= 15 is 0 Å². The minimum absolute atomic E-state index is 0.0494. The van der Waals surface area contributed by atoms with Crippen LogP contribution in [-0.4, -0.2) is 26.2 Å². The molecule has 0 spiro atoms. The molecule has 2 rings (SSSR count). The van der Waals surface area contributed by atoms with Gasteiger partial charge in [0, 0.05) is 18.2 Å². The van der Waals surface area contributed by atoms with E-state index in [9.17, 15) is 13.2 Å². The summed E-state index contributed by atoms with van der Waals surface area (Å²) in [5, 5.41) is 0. The van der Waals surface area contributed by atoms with Crippen LogP contribution in [0.2, 0.25) is 0 Å². The first-order chi connectivity index (χ1) is 8.46. The standard InChI is InChI=1S/C14H18O3S/c1-18(16,17)9-3-6-14(15)13-8-7-11-4-2-5-12(11)10-13/h7-8,10H,2-6,9H2,1H3. The molecular weight excluding hydrogens is 248 g/mol. The van der Waals surface area contributed by atoms with Crippen LogP contribution in [0.3, 0.4) is 0 Å². The second-order valence-corrected chi connectivity index (χ2v) is 7.25. The Morgan fingerprint density at radius 1 is 1.22 bits per heavy atom. The quantitative estimate of drug-likeness (QED) is 0.768. The first-order valence-electron chi connectivity index (χ1n) is 6.28. The number of ketones is 1. The zero-order valence-electron chi connectivity index (χ0n) is 10.6. The molecule has 0 radical (unpaired) electrons. The highest BCUT2D eigenvalue weighted by molar-refractivity contribution is 7.90. The summed E-state index contributed by atoms with van der Waals surface area (Å²) < 4.78 is 22.0. The minimum Gasteiger partial charge on any atom is -0.294 e. The number of rotatable bonds is 5. The molecule has 0 atom stereocenters. The fourth-order valence-corrected chi connectivity index (χ4v) is 3.05. The Bertz CT molecular complexity index is 558. The van der Waals surface area contributed by atoms with Crippen molar-refractivity contribution in [1.82, 2.24) is 0 Å². The zero-order chi connectivity index (χ0) is 13.2. The second kappa shape index (κ2) is 5.22. The number of benzene rings is 1. The minimum atomic E-state index is -2.96. The van der Waals surface area contributed by atoms with Crippen molar-refractivity contribution < 1.29 is 13.2 Å². The Kier molecular flexibility index (Phi) is 3.85. The molecular formula is C14H18O3S. The van der Waals surface area contributed by atoms with Gasteiger partial charge in [-0.05, 0) is 42.9 Å². The third-order valence-corrected chi connectivity index (χ3v) is 4.37. The van der Waals surface area contributed by atoms with Crippen molar-refractivity contribution >= 4 is 15.6 Å². The van der Waals surface area contributed by atoms with E-state index in [0.29, 0.717) is 12.8 Å². The zero-order valence-corrected chi connectivity index (χ0v) is 11.4. The van der Waals surface area contributed by atoms with Gasteiger partial charge in [0.15, 0.2) is 5.78 Å². The number of hydrogen-bond acceptors (Lipinski definition) is 3. The number of aryl methyl sites for hydroxylation is 2. The van der Waals surface area contributed by atoms with Crippen molar-refractivity contribution in [3.05, 3.63) is 34.9 Å². The van der Waals surface area contributed by atoms with Gasteiger partial charge in [-0.3, -0.25) is 4.79 Å². The van der Waals surface area contributed by atoms with E-state index in [0.717, 1.165) is 18.4 Å². The van der Waals surface area contributed by atoms with Crippen molar-refractivity contribution in [1.29, 1.82) is 0 Å². The van der Waals surface area contributed by atoms with E-state index < -0.39 is 9.84 Å². The predicted molar refractivity (Wildman–Crippen MR) is 71.7 cm³/mol. The van der Waals surface area contributed by atoms with Crippen LogP contribution in [0.4, 0.5) is 0 Å². The Morgan fingerprint density at radius 2 is 1.94 bits per heavy atom. The van der Waals surface area contributed by atoms with Crippen LogP contribution in [0.15, 0.2) is 18.2 Å². The van der Waals surface area contributed by atoms with Crippen molar-refractivity contribution in [3.63, 3.8) is 0 Å². The number of carbonyl (C=O) groups excluding carboxylic acids is 1. The monoisotopic (exact) mass is 266 g/mol. The van der Waals surface area contributed by atoms with Gasteiger partial charge in [0.25, 0.3) is 0 Å². The first-order valence-corrected chi connectivity index (χ1v) is 8.34. The van der Waals surface area contributed by atoms with E-state index in [1.807, 2.05) is 18.2 Å². The fourth-order valence-electron chi connectivity index (χ4n) is 2.38. The summed E-state index contributed by atoms with van der Waals surface area (Å²) in [5.41, 5.74) is 3.36. The summed E-state index contributed by atoms with van der Waals surface area (Å²) in [6.45, 7) is 0. The summed E-state index contributed by atoms with van der Waals surface area (Å²) in [4.78, 5) is 11.9. The van der Waals surface area contributed by atoms with Gasteiger partial charge in [-0.1, -0.05) is 12.1 Å². The maximum absolute atomic E-state index is 11.9. The lowest BCUT2D eigenvalue weighted by molar-refractivity contribution is 0.0982. The van der Waals surface area contributed by atoms with Crippen LogP contribution in [0.5, 0.6) is 0 Å². The lowest BCUT2D eigenvalue weighted by Gasteiger charge is -2.04. The number of hydrogen-bond donors (Lipinski definition) is 0. The van der Waals surface area contributed by atoms with Gasteiger partial charge in [0.05, 0.1) is 5.75 Å². The van der Waals surface area contributed by atoms with E-state index in [1.165, 1.54) is 23.8 Å². The summed E-state index contributed by atoms with van der Waals surface area (Å²) >= 11 is 0. The third-order valence-electron chi connectivity index (χ3n) is 3.34. The normalized spacial score (nSPS) is 14.5. The highest BCUT2D eigenvalue weighted by Gasteiger charge is 2.14. The largest absolute Gasteiger partial charge is 0.294 e. The van der Waals surface area contributed by atoms with Crippen LogP contribution in [0, 0.1) is 0 Å². The molecule has 0 aliphatic heterocycles. The summed E-state index contributed by atoms with van der Waals surface area (Å²) in [6, 6.07) is 5.88. The molecule has 0 amide bonds. The Morgan fingerprint density at radius 3 is 2.67 bits per heavy atom. The number of sulfone groups is 1. The van der Waals surface area contributed by atoms with Crippen molar-refractivity contribution in [2.24, 2.45) is 0 Å². The topological polar surface area (TPSA) is 51.2 Å². The number of fused-ring (bicyclic) bond motifs is 1.